The van der Waals surface area contributed by atoms with Gasteiger partial charge in [0, 0.05) is 7.05 Å². The van der Waals surface area contributed by atoms with Crippen LogP contribution < -0.4 is 5.32 Å². The summed E-state index contributed by atoms with van der Waals surface area (Å²) in [7, 11) is 1.41. The predicted molar refractivity (Wildman–Crippen MR) is 56.5 cm³/mol. The standard InChI is InChI=1S/C10H12F3N3O2/c1-5-6(8(17)18)7(16(2)15-5)14-9(3-4-9)10(11,12)13/h14H,3-4H2,1-2H3,(H,17,18). The maximum Gasteiger partial charge on any atom is 0.411 e. The van der Waals surface area contributed by atoms with Crippen LogP contribution in [0.1, 0.15) is 28.9 Å². The van der Waals surface area contributed by atoms with Gasteiger partial charge in [0.2, 0.25) is 0 Å². The monoisotopic (exact) mass is 263 g/mol. The Labute approximate surface area is 101 Å². The zero-order valence-electron chi connectivity index (χ0n) is 9.80. The van der Waals surface area contributed by atoms with Gasteiger partial charge in [-0.05, 0) is 19.8 Å². The Morgan fingerprint density at radius 1 is 1.50 bits per heavy atom. The van der Waals surface area contributed by atoms with E-state index < -0.39 is 17.7 Å². The summed E-state index contributed by atoms with van der Waals surface area (Å²) in [6.45, 7) is 1.45. The fourth-order valence-electron chi connectivity index (χ4n) is 1.89. The average molecular weight is 263 g/mol. The molecule has 0 bridgehead atoms. The summed E-state index contributed by atoms with van der Waals surface area (Å²) in [5.74, 6) is -1.39. The number of halogens is 3. The van der Waals surface area contributed by atoms with Crippen molar-refractivity contribution in [3.8, 4) is 0 Å². The number of carbonyl (C=O) groups is 1. The van der Waals surface area contributed by atoms with E-state index in [0.717, 1.165) is 4.68 Å². The van der Waals surface area contributed by atoms with Crippen molar-refractivity contribution in [2.75, 3.05) is 5.32 Å². The van der Waals surface area contributed by atoms with Gasteiger partial charge in [-0.25, -0.2) is 4.79 Å². The van der Waals surface area contributed by atoms with Gasteiger partial charge in [-0.2, -0.15) is 18.3 Å². The molecule has 1 aliphatic carbocycles. The van der Waals surface area contributed by atoms with Gasteiger partial charge in [0.25, 0.3) is 0 Å². The molecule has 100 valence electrons. The summed E-state index contributed by atoms with van der Waals surface area (Å²) < 4.78 is 39.6. The number of aryl methyl sites for hydroxylation is 2. The summed E-state index contributed by atoms with van der Waals surface area (Å²) in [5.41, 5.74) is -2.03. The van der Waals surface area contributed by atoms with Gasteiger partial charge in [-0.3, -0.25) is 4.68 Å². The molecule has 0 aromatic carbocycles. The van der Waals surface area contributed by atoms with Crippen LogP contribution in [-0.4, -0.2) is 32.6 Å². The number of anilines is 1. The number of nitrogens with one attached hydrogen (secondary N) is 1. The zero-order valence-corrected chi connectivity index (χ0v) is 9.80. The molecule has 0 unspecified atom stereocenters. The second-order valence-corrected chi connectivity index (χ2v) is 4.44. The van der Waals surface area contributed by atoms with Crippen LogP contribution in [0, 0.1) is 6.92 Å². The minimum atomic E-state index is -4.40. The number of aromatic carboxylic acids is 1. The maximum atomic E-state index is 12.8. The van der Waals surface area contributed by atoms with Gasteiger partial charge in [-0.15, -0.1) is 0 Å². The number of nitrogens with zero attached hydrogens (tertiary/aromatic N) is 2. The third kappa shape index (κ3) is 1.81. The van der Waals surface area contributed by atoms with Crippen molar-refractivity contribution in [3.63, 3.8) is 0 Å². The molecular weight excluding hydrogens is 251 g/mol. The molecule has 2 N–H and O–H groups in total. The highest BCUT2D eigenvalue weighted by atomic mass is 19.4. The fraction of sp³-hybridized carbons (Fsp3) is 0.600. The summed E-state index contributed by atoms with van der Waals surface area (Å²) in [6, 6.07) is 0. The minimum Gasteiger partial charge on any atom is -0.477 e. The zero-order chi connectivity index (χ0) is 13.7. The lowest BCUT2D eigenvalue weighted by Gasteiger charge is -2.22. The number of alkyl halides is 3. The number of carboxylic acids is 1. The molecule has 18 heavy (non-hydrogen) atoms. The second kappa shape index (κ2) is 3.63. The Balaban J connectivity index is 2.39. The van der Waals surface area contributed by atoms with Crippen LogP contribution >= 0.6 is 0 Å². The van der Waals surface area contributed by atoms with E-state index >= 15 is 0 Å². The van der Waals surface area contributed by atoms with Gasteiger partial charge in [-0.1, -0.05) is 0 Å². The Morgan fingerprint density at radius 2 is 2.06 bits per heavy atom. The first-order valence-electron chi connectivity index (χ1n) is 5.30. The third-order valence-corrected chi connectivity index (χ3v) is 3.09. The van der Waals surface area contributed by atoms with Crippen molar-refractivity contribution in [2.24, 2.45) is 7.05 Å². The Morgan fingerprint density at radius 3 is 2.44 bits per heavy atom. The van der Waals surface area contributed by atoms with Crippen LogP contribution in [0.4, 0.5) is 19.0 Å². The lowest BCUT2D eigenvalue weighted by Crippen LogP contribution is -2.39. The van der Waals surface area contributed by atoms with E-state index in [0.29, 0.717) is 0 Å². The lowest BCUT2D eigenvalue weighted by molar-refractivity contribution is -0.151. The van der Waals surface area contributed by atoms with Crippen molar-refractivity contribution >= 4 is 11.8 Å². The molecule has 1 aromatic rings. The molecule has 0 saturated heterocycles. The quantitative estimate of drug-likeness (QED) is 0.874. The molecule has 1 heterocycles. The largest absolute Gasteiger partial charge is 0.477 e. The Kier molecular flexibility index (Phi) is 2.56. The molecule has 0 spiro atoms. The van der Waals surface area contributed by atoms with E-state index in [2.05, 4.69) is 10.4 Å². The first-order chi connectivity index (χ1) is 8.18. The predicted octanol–water partition coefficient (Wildman–Crippen LogP) is 1.93. The summed E-state index contributed by atoms with van der Waals surface area (Å²) in [5, 5.41) is 15.1. The van der Waals surface area contributed by atoms with Gasteiger partial charge in [0.15, 0.2) is 0 Å². The van der Waals surface area contributed by atoms with Crippen LogP contribution in [0.25, 0.3) is 0 Å². The van der Waals surface area contributed by atoms with E-state index in [1.807, 2.05) is 0 Å². The van der Waals surface area contributed by atoms with E-state index in [1.165, 1.54) is 14.0 Å². The van der Waals surface area contributed by atoms with Crippen LogP contribution in [0.2, 0.25) is 0 Å². The number of rotatable bonds is 3. The maximum absolute atomic E-state index is 12.8. The number of aromatic nitrogens is 2. The molecule has 1 saturated carbocycles. The first kappa shape index (κ1) is 12.7. The smallest absolute Gasteiger partial charge is 0.411 e. The summed E-state index contributed by atoms with van der Waals surface area (Å²) in [4.78, 5) is 11.0. The van der Waals surface area contributed by atoms with E-state index in [-0.39, 0.29) is 29.9 Å². The van der Waals surface area contributed by atoms with Crippen LogP contribution in [-0.2, 0) is 7.05 Å². The molecule has 1 fully saturated rings. The van der Waals surface area contributed by atoms with E-state index in [1.54, 1.807) is 0 Å². The van der Waals surface area contributed by atoms with Crippen molar-refractivity contribution in [1.82, 2.24) is 9.78 Å². The van der Waals surface area contributed by atoms with Gasteiger partial charge in [0.1, 0.15) is 16.9 Å². The molecule has 0 radical (unpaired) electrons. The molecule has 5 nitrogen and oxygen atoms in total. The van der Waals surface area contributed by atoms with Gasteiger partial charge in [0.05, 0.1) is 5.69 Å². The number of hydrogen-bond donors (Lipinski definition) is 2. The highest BCUT2D eigenvalue weighted by Crippen LogP contribution is 2.51. The van der Waals surface area contributed by atoms with E-state index in [9.17, 15) is 18.0 Å². The van der Waals surface area contributed by atoms with Crippen molar-refractivity contribution < 1.29 is 23.1 Å². The van der Waals surface area contributed by atoms with Gasteiger partial charge < -0.3 is 10.4 Å². The van der Waals surface area contributed by atoms with Crippen molar-refractivity contribution in [2.45, 2.75) is 31.5 Å². The fourth-order valence-corrected chi connectivity index (χ4v) is 1.89. The summed E-state index contributed by atoms with van der Waals surface area (Å²) >= 11 is 0. The van der Waals surface area contributed by atoms with Gasteiger partial charge >= 0.3 is 12.1 Å². The number of hydrogen-bond acceptors (Lipinski definition) is 3. The molecule has 0 amide bonds. The molecule has 0 aliphatic heterocycles. The van der Waals surface area contributed by atoms with Crippen LogP contribution in [0.3, 0.4) is 0 Å². The highest BCUT2D eigenvalue weighted by Gasteiger charge is 2.64. The summed E-state index contributed by atoms with van der Waals surface area (Å²) in [6.07, 6.45) is -4.51. The van der Waals surface area contributed by atoms with Crippen LogP contribution in [0.5, 0.6) is 0 Å². The molecule has 1 aromatic heterocycles. The topological polar surface area (TPSA) is 67.2 Å². The Bertz CT molecular complexity index is 503. The molecular formula is C10H12F3N3O2. The molecule has 0 atom stereocenters. The normalized spacial score (nSPS) is 17.6. The van der Waals surface area contributed by atoms with Crippen molar-refractivity contribution in [3.05, 3.63) is 11.3 Å². The number of carboxylic acid groups (broad SMARTS) is 1. The van der Waals surface area contributed by atoms with Crippen molar-refractivity contribution in [1.29, 1.82) is 0 Å². The van der Waals surface area contributed by atoms with Crippen LogP contribution in [0.15, 0.2) is 0 Å². The Hall–Kier alpha value is -1.73. The third-order valence-electron chi connectivity index (χ3n) is 3.09. The minimum absolute atomic E-state index is 0.0558. The first-order valence-corrected chi connectivity index (χ1v) is 5.30. The van der Waals surface area contributed by atoms with E-state index in [4.69, 9.17) is 5.11 Å². The molecule has 8 heteroatoms. The lowest BCUT2D eigenvalue weighted by atomic mass is 10.2. The second-order valence-electron chi connectivity index (χ2n) is 4.44. The SMILES string of the molecule is Cc1nn(C)c(NC2(C(F)(F)F)CC2)c1C(=O)O. The average Bonchev–Trinajstić information content (AvgIpc) is 2.90. The molecule has 2 rings (SSSR count). The molecule has 1 aliphatic rings. The highest BCUT2D eigenvalue weighted by molar-refractivity contribution is 5.94.